The number of nitriles is 1. The van der Waals surface area contributed by atoms with Crippen molar-refractivity contribution in [2.45, 2.75) is 18.9 Å². The second-order valence-corrected chi connectivity index (χ2v) is 5.15. The van der Waals surface area contributed by atoms with Gasteiger partial charge in [0.15, 0.2) is 0 Å². The van der Waals surface area contributed by atoms with E-state index in [2.05, 4.69) is 29.6 Å². The van der Waals surface area contributed by atoms with Crippen molar-refractivity contribution in [1.82, 2.24) is 5.32 Å². The smallest absolute Gasteiger partial charge is 0.129 e. The lowest BCUT2D eigenvalue weighted by molar-refractivity contribution is 0.523. The van der Waals surface area contributed by atoms with Crippen molar-refractivity contribution in [2.24, 2.45) is 0 Å². The topological polar surface area (TPSA) is 35.8 Å². The van der Waals surface area contributed by atoms with Crippen LogP contribution < -0.4 is 5.32 Å². The zero-order chi connectivity index (χ0) is 13.9. The number of nitrogens with zero attached hydrogens (tertiary/aromatic N) is 1. The van der Waals surface area contributed by atoms with Crippen LogP contribution in [0.15, 0.2) is 42.5 Å². The Hall–Kier alpha value is -2.18. The zero-order valence-corrected chi connectivity index (χ0v) is 11.1. The van der Waals surface area contributed by atoms with Gasteiger partial charge in [-0.05, 0) is 29.7 Å². The minimum absolute atomic E-state index is 0.314. The third-order valence-electron chi connectivity index (χ3n) is 3.85. The molecule has 0 radical (unpaired) electrons. The van der Waals surface area contributed by atoms with E-state index in [1.54, 1.807) is 12.1 Å². The summed E-state index contributed by atoms with van der Waals surface area (Å²) in [6.45, 7) is 1.35. The molecule has 2 nitrogen and oxygen atoms in total. The fraction of sp³-hybridized carbons (Fsp3) is 0.235. The predicted molar refractivity (Wildman–Crippen MR) is 75.7 cm³/mol. The molecule has 0 fully saturated rings. The van der Waals surface area contributed by atoms with Crippen molar-refractivity contribution in [2.75, 3.05) is 6.54 Å². The van der Waals surface area contributed by atoms with E-state index in [-0.39, 0.29) is 5.82 Å². The van der Waals surface area contributed by atoms with Crippen LogP contribution in [-0.2, 0) is 13.0 Å². The van der Waals surface area contributed by atoms with Gasteiger partial charge in [-0.25, -0.2) is 4.39 Å². The fourth-order valence-electron chi connectivity index (χ4n) is 2.69. The molecule has 0 aromatic heterocycles. The van der Waals surface area contributed by atoms with Crippen LogP contribution in [0.3, 0.4) is 0 Å². The molecule has 3 heteroatoms. The Morgan fingerprint density at radius 2 is 2.10 bits per heavy atom. The van der Waals surface area contributed by atoms with E-state index in [0.717, 1.165) is 13.0 Å². The third kappa shape index (κ3) is 2.43. The summed E-state index contributed by atoms with van der Waals surface area (Å²) in [5.74, 6) is 0.221. The highest BCUT2D eigenvalue weighted by Crippen LogP contribution is 2.34. The molecule has 3 rings (SSSR count). The van der Waals surface area contributed by atoms with Crippen LogP contribution >= 0.6 is 0 Å². The lowest BCUT2D eigenvalue weighted by Crippen LogP contribution is -2.29. The summed E-state index contributed by atoms with van der Waals surface area (Å²) in [6, 6.07) is 15.0. The van der Waals surface area contributed by atoms with E-state index in [4.69, 9.17) is 5.26 Å². The van der Waals surface area contributed by atoms with Gasteiger partial charge in [-0.2, -0.15) is 5.26 Å². The summed E-state index contributed by atoms with van der Waals surface area (Å²) >= 11 is 0. The Kier molecular flexibility index (Phi) is 3.49. The summed E-state index contributed by atoms with van der Waals surface area (Å²) < 4.78 is 13.7. The minimum Gasteiger partial charge on any atom is -0.312 e. The number of fused-ring (bicyclic) bond motifs is 1. The Balaban J connectivity index is 1.56. The molecule has 0 bridgehead atoms. The van der Waals surface area contributed by atoms with Crippen LogP contribution in [0.5, 0.6) is 0 Å². The maximum absolute atomic E-state index is 13.7. The van der Waals surface area contributed by atoms with E-state index in [0.29, 0.717) is 23.6 Å². The maximum atomic E-state index is 13.7. The van der Waals surface area contributed by atoms with Crippen LogP contribution in [0.1, 0.15) is 28.2 Å². The fourth-order valence-corrected chi connectivity index (χ4v) is 2.69. The molecule has 0 spiro atoms. The van der Waals surface area contributed by atoms with E-state index in [9.17, 15) is 4.39 Å². The molecule has 1 unspecified atom stereocenters. The minimum atomic E-state index is -0.314. The van der Waals surface area contributed by atoms with Gasteiger partial charge in [0.2, 0.25) is 0 Å². The molecule has 0 amide bonds. The summed E-state index contributed by atoms with van der Waals surface area (Å²) in [4.78, 5) is 0. The van der Waals surface area contributed by atoms with Crippen molar-refractivity contribution in [3.8, 4) is 6.07 Å². The Morgan fingerprint density at radius 3 is 2.85 bits per heavy atom. The maximum Gasteiger partial charge on any atom is 0.129 e. The Morgan fingerprint density at radius 1 is 1.25 bits per heavy atom. The number of benzene rings is 2. The molecule has 1 aliphatic rings. The average molecular weight is 266 g/mol. The first-order valence-corrected chi connectivity index (χ1v) is 6.75. The van der Waals surface area contributed by atoms with E-state index >= 15 is 0 Å². The molecule has 100 valence electrons. The quantitative estimate of drug-likeness (QED) is 0.923. The monoisotopic (exact) mass is 266 g/mol. The van der Waals surface area contributed by atoms with Gasteiger partial charge in [0.1, 0.15) is 5.82 Å². The van der Waals surface area contributed by atoms with Gasteiger partial charge in [-0.3, -0.25) is 0 Å². The van der Waals surface area contributed by atoms with Crippen LogP contribution in [0.25, 0.3) is 0 Å². The van der Waals surface area contributed by atoms with Gasteiger partial charge in [0.25, 0.3) is 0 Å². The lowest BCUT2D eigenvalue weighted by atomic mass is 9.77. The highest BCUT2D eigenvalue weighted by Gasteiger charge is 2.24. The van der Waals surface area contributed by atoms with Crippen molar-refractivity contribution >= 4 is 0 Å². The zero-order valence-electron chi connectivity index (χ0n) is 11.1. The molecular weight excluding hydrogens is 251 g/mol. The first-order chi connectivity index (χ1) is 9.78. The molecule has 20 heavy (non-hydrogen) atoms. The Bertz CT molecular complexity index is 673. The molecule has 2 aromatic rings. The molecule has 0 saturated heterocycles. The van der Waals surface area contributed by atoms with E-state index in [1.165, 1.54) is 17.2 Å². The van der Waals surface area contributed by atoms with Crippen LogP contribution in [0, 0.1) is 17.1 Å². The molecule has 2 aromatic carbocycles. The highest BCUT2D eigenvalue weighted by molar-refractivity contribution is 5.40. The number of halogens is 1. The molecule has 1 atom stereocenters. The molecule has 0 saturated carbocycles. The van der Waals surface area contributed by atoms with Gasteiger partial charge in [-0.15, -0.1) is 0 Å². The summed E-state index contributed by atoms with van der Waals surface area (Å²) in [7, 11) is 0. The van der Waals surface area contributed by atoms with Gasteiger partial charge < -0.3 is 5.32 Å². The standard InChI is InChI=1S/C17H15FN2/c18-17-7-12(9-19)5-6-14(17)10-20-11-15-8-13-3-1-2-4-16(13)15/h1-7,15,20H,8,10-11H2. The SMILES string of the molecule is N#Cc1ccc(CNCC2Cc3ccccc32)c(F)c1. The van der Waals surface area contributed by atoms with Crippen LogP contribution in [0.4, 0.5) is 4.39 Å². The van der Waals surface area contributed by atoms with Crippen LogP contribution in [0.2, 0.25) is 0 Å². The number of hydrogen-bond acceptors (Lipinski definition) is 2. The second-order valence-electron chi connectivity index (χ2n) is 5.15. The number of hydrogen-bond donors (Lipinski definition) is 1. The average Bonchev–Trinajstić information content (AvgIpc) is 2.45. The molecule has 0 heterocycles. The molecule has 0 aliphatic heterocycles. The van der Waals surface area contributed by atoms with Crippen molar-refractivity contribution in [3.63, 3.8) is 0 Å². The van der Waals surface area contributed by atoms with Gasteiger partial charge >= 0.3 is 0 Å². The Labute approximate surface area is 117 Å². The lowest BCUT2D eigenvalue weighted by Gasteiger charge is -2.30. The normalized spacial score (nSPS) is 16.1. The number of rotatable bonds is 4. The van der Waals surface area contributed by atoms with Crippen LogP contribution in [-0.4, -0.2) is 6.54 Å². The largest absolute Gasteiger partial charge is 0.312 e. The summed E-state index contributed by atoms with van der Waals surface area (Å²) in [5.41, 5.74) is 3.79. The van der Waals surface area contributed by atoms with Crippen molar-refractivity contribution in [3.05, 3.63) is 70.5 Å². The molecule has 1 N–H and O–H groups in total. The first-order valence-electron chi connectivity index (χ1n) is 6.75. The van der Waals surface area contributed by atoms with Crippen molar-refractivity contribution < 1.29 is 4.39 Å². The molecular formula is C17H15FN2. The van der Waals surface area contributed by atoms with Gasteiger partial charge in [-0.1, -0.05) is 30.3 Å². The van der Waals surface area contributed by atoms with E-state index in [1.807, 2.05) is 6.07 Å². The van der Waals surface area contributed by atoms with E-state index < -0.39 is 0 Å². The predicted octanol–water partition coefficient (Wildman–Crippen LogP) is 3.13. The van der Waals surface area contributed by atoms with Gasteiger partial charge in [0.05, 0.1) is 11.6 Å². The third-order valence-corrected chi connectivity index (χ3v) is 3.85. The number of nitrogens with one attached hydrogen (secondary N) is 1. The summed E-state index contributed by atoms with van der Waals surface area (Å²) in [6.07, 6.45) is 1.10. The highest BCUT2D eigenvalue weighted by atomic mass is 19.1. The molecule has 1 aliphatic carbocycles. The van der Waals surface area contributed by atoms with Crippen molar-refractivity contribution in [1.29, 1.82) is 5.26 Å². The van der Waals surface area contributed by atoms with Gasteiger partial charge in [0, 0.05) is 24.6 Å². The first kappa shape index (κ1) is 12.8. The summed E-state index contributed by atoms with van der Waals surface area (Å²) in [5, 5.41) is 12.0. The second kappa shape index (κ2) is 5.44.